The van der Waals surface area contributed by atoms with E-state index < -0.39 is 0 Å². The number of fused-ring (bicyclic) bond motifs is 1. The molecule has 1 aliphatic carbocycles. The monoisotopic (exact) mass is 264 g/mol. The van der Waals surface area contributed by atoms with Crippen molar-refractivity contribution < 1.29 is 0 Å². The molecule has 4 rings (SSSR count). The van der Waals surface area contributed by atoms with Gasteiger partial charge in [0.1, 0.15) is 6.17 Å². The molecule has 0 radical (unpaired) electrons. The Kier molecular flexibility index (Phi) is 2.76. The topological polar surface area (TPSA) is 24.4 Å². The van der Waals surface area contributed by atoms with Crippen molar-refractivity contribution >= 4 is 11.8 Å². The fraction of sp³-hybridized carbons (Fsp3) is 0.389. The Morgan fingerprint density at radius 3 is 2.90 bits per heavy atom. The Bertz CT molecular complexity index is 620. The summed E-state index contributed by atoms with van der Waals surface area (Å²) in [5.74, 6) is 1.21. The summed E-state index contributed by atoms with van der Waals surface area (Å²) in [4.78, 5) is 4.61. The van der Waals surface area contributed by atoms with E-state index >= 15 is 0 Å². The van der Waals surface area contributed by atoms with Crippen molar-refractivity contribution in [3.8, 4) is 0 Å². The second kappa shape index (κ2) is 4.62. The molecule has 0 spiro atoms. The molecule has 2 atom stereocenters. The third-order valence-electron chi connectivity index (χ3n) is 4.83. The molecule has 1 aromatic carbocycles. The molecular weight excluding hydrogens is 244 g/mol. The molecule has 0 bridgehead atoms. The number of dihydropyridines is 1. The highest BCUT2D eigenvalue weighted by Crippen LogP contribution is 2.37. The Balaban J connectivity index is 1.65. The molecule has 2 heteroatoms. The van der Waals surface area contributed by atoms with Gasteiger partial charge < -0.3 is 5.32 Å². The molecule has 0 aromatic heterocycles. The van der Waals surface area contributed by atoms with E-state index in [1.54, 1.807) is 0 Å². The molecule has 1 aromatic rings. The van der Waals surface area contributed by atoms with Gasteiger partial charge in [0, 0.05) is 12.1 Å². The maximum atomic E-state index is 4.61. The minimum absolute atomic E-state index is 0.216. The minimum atomic E-state index is 0.216. The van der Waals surface area contributed by atoms with Gasteiger partial charge in [-0.3, -0.25) is 4.99 Å². The van der Waals surface area contributed by atoms with Crippen LogP contribution in [0.25, 0.3) is 5.57 Å². The highest BCUT2D eigenvalue weighted by molar-refractivity contribution is 6.11. The Hall–Kier alpha value is -1.83. The number of nitrogens with zero attached hydrogens (tertiary/aromatic N) is 1. The zero-order valence-electron chi connectivity index (χ0n) is 11.8. The lowest BCUT2D eigenvalue weighted by Gasteiger charge is -2.27. The molecule has 2 nitrogen and oxygen atoms in total. The van der Waals surface area contributed by atoms with Gasteiger partial charge in [-0.15, -0.1) is 0 Å². The molecule has 2 heterocycles. The van der Waals surface area contributed by atoms with Gasteiger partial charge in [0.15, 0.2) is 0 Å². The van der Waals surface area contributed by atoms with Crippen molar-refractivity contribution in [1.82, 2.24) is 5.32 Å². The smallest absolute Gasteiger partial charge is 0.128 e. The number of hydrogen-bond donors (Lipinski definition) is 1. The predicted octanol–water partition coefficient (Wildman–Crippen LogP) is 3.79. The molecule has 2 aliphatic heterocycles. The van der Waals surface area contributed by atoms with Crippen molar-refractivity contribution in [2.75, 3.05) is 0 Å². The van der Waals surface area contributed by atoms with E-state index in [0.29, 0.717) is 5.92 Å². The van der Waals surface area contributed by atoms with Crippen LogP contribution < -0.4 is 5.32 Å². The summed E-state index contributed by atoms with van der Waals surface area (Å²) in [6.45, 7) is 2.22. The minimum Gasteiger partial charge on any atom is -0.369 e. The molecule has 1 N–H and O–H groups in total. The number of nitrogens with one attached hydrogen (secondary N) is 1. The lowest BCUT2D eigenvalue weighted by atomic mass is 9.79. The Morgan fingerprint density at radius 1 is 1.25 bits per heavy atom. The van der Waals surface area contributed by atoms with Crippen molar-refractivity contribution in [3.63, 3.8) is 0 Å². The van der Waals surface area contributed by atoms with E-state index in [1.807, 2.05) is 12.4 Å². The van der Waals surface area contributed by atoms with Gasteiger partial charge in [-0.25, -0.2) is 0 Å². The van der Waals surface area contributed by atoms with E-state index in [-0.39, 0.29) is 6.17 Å². The summed E-state index contributed by atoms with van der Waals surface area (Å²) >= 11 is 0. The van der Waals surface area contributed by atoms with E-state index in [2.05, 4.69) is 47.6 Å². The first-order valence-corrected chi connectivity index (χ1v) is 7.60. The van der Waals surface area contributed by atoms with Gasteiger partial charge >= 0.3 is 0 Å². The van der Waals surface area contributed by atoms with Crippen molar-refractivity contribution in [2.24, 2.45) is 10.9 Å². The SMILES string of the molecule is Cc1cc(C2CCC2)ccc1C1=CC2C=CNC2N=C1. The van der Waals surface area contributed by atoms with Gasteiger partial charge in [0.2, 0.25) is 0 Å². The maximum absolute atomic E-state index is 4.61. The van der Waals surface area contributed by atoms with Crippen LogP contribution in [0.3, 0.4) is 0 Å². The number of hydrogen-bond acceptors (Lipinski definition) is 2. The van der Waals surface area contributed by atoms with Gasteiger partial charge in [0.05, 0.1) is 0 Å². The zero-order chi connectivity index (χ0) is 13.5. The fourth-order valence-corrected chi connectivity index (χ4v) is 3.35. The van der Waals surface area contributed by atoms with E-state index in [0.717, 1.165) is 5.92 Å². The molecule has 20 heavy (non-hydrogen) atoms. The summed E-state index contributed by atoms with van der Waals surface area (Å²) in [5.41, 5.74) is 5.49. The van der Waals surface area contributed by atoms with Crippen LogP contribution >= 0.6 is 0 Å². The second-order valence-electron chi connectivity index (χ2n) is 6.15. The Labute approximate surface area is 120 Å². The average Bonchev–Trinajstić information content (AvgIpc) is 2.84. The van der Waals surface area contributed by atoms with Crippen LogP contribution in [-0.4, -0.2) is 12.4 Å². The van der Waals surface area contributed by atoms with Crippen molar-refractivity contribution in [1.29, 1.82) is 0 Å². The number of aliphatic imine (C=N–C) groups is 1. The van der Waals surface area contributed by atoms with Gasteiger partial charge in [0.25, 0.3) is 0 Å². The van der Waals surface area contributed by atoms with Gasteiger partial charge in [-0.05, 0) is 54.1 Å². The van der Waals surface area contributed by atoms with Crippen LogP contribution in [0.4, 0.5) is 0 Å². The zero-order valence-corrected chi connectivity index (χ0v) is 11.8. The first kappa shape index (κ1) is 12.0. The fourth-order valence-electron chi connectivity index (χ4n) is 3.35. The molecule has 2 unspecified atom stereocenters. The third kappa shape index (κ3) is 1.91. The first-order valence-electron chi connectivity index (χ1n) is 7.60. The molecule has 0 saturated heterocycles. The summed E-state index contributed by atoms with van der Waals surface area (Å²) < 4.78 is 0. The van der Waals surface area contributed by atoms with E-state index in [4.69, 9.17) is 0 Å². The summed E-state index contributed by atoms with van der Waals surface area (Å²) in [6.07, 6.45) is 12.9. The molecule has 102 valence electrons. The summed E-state index contributed by atoms with van der Waals surface area (Å²) in [5, 5.41) is 3.26. The van der Waals surface area contributed by atoms with Crippen LogP contribution in [0.5, 0.6) is 0 Å². The molecule has 3 aliphatic rings. The van der Waals surface area contributed by atoms with Crippen molar-refractivity contribution in [3.05, 3.63) is 53.2 Å². The van der Waals surface area contributed by atoms with Gasteiger partial charge in [-0.1, -0.05) is 36.8 Å². The lowest BCUT2D eigenvalue weighted by molar-refractivity contribution is 0.419. The summed E-state index contributed by atoms with van der Waals surface area (Å²) in [7, 11) is 0. The highest BCUT2D eigenvalue weighted by atomic mass is 15.1. The quantitative estimate of drug-likeness (QED) is 0.863. The van der Waals surface area contributed by atoms with Crippen molar-refractivity contribution in [2.45, 2.75) is 38.3 Å². The van der Waals surface area contributed by atoms with Crippen LogP contribution in [-0.2, 0) is 0 Å². The molecule has 1 saturated carbocycles. The number of allylic oxidation sites excluding steroid dienone is 1. The van der Waals surface area contributed by atoms with Crippen LogP contribution in [0.1, 0.15) is 41.9 Å². The average molecular weight is 264 g/mol. The maximum Gasteiger partial charge on any atom is 0.128 e. The van der Waals surface area contributed by atoms with Crippen LogP contribution in [0.15, 0.2) is 41.5 Å². The van der Waals surface area contributed by atoms with E-state index in [1.165, 1.54) is 41.5 Å². The van der Waals surface area contributed by atoms with Crippen LogP contribution in [0, 0.1) is 12.8 Å². The largest absolute Gasteiger partial charge is 0.369 e. The standard InChI is InChI=1S/C18H20N2/c1-12-9-14(13-3-2-4-13)5-6-17(12)16-10-15-7-8-19-18(15)20-11-16/h5-11,13,15,18-19H,2-4H2,1H3. The van der Waals surface area contributed by atoms with Gasteiger partial charge in [-0.2, -0.15) is 0 Å². The first-order chi connectivity index (χ1) is 9.81. The molecule has 1 fully saturated rings. The number of benzene rings is 1. The highest BCUT2D eigenvalue weighted by Gasteiger charge is 2.24. The van der Waals surface area contributed by atoms with Crippen LogP contribution in [0.2, 0.25) is 0 Å². The third-order valence-corrected chi connectivity index (χ3v) is 4.83. The predicted molar refractivity (Wildman–Crippen MR) is 83.8 cm³/mol. The summed E-state index contributed by atoms with van der Waals surface area (Å²) in [6, 6.07) is 6.98. The molecule has 0 amide bonds. The number of rotatable bonds is 2. The van der Waals surface area contributed by atoms with E-state index in [9.17, 15) is 0 Å². The second-order valence-corrected chi connectivity index (χ2v) is 6.15. The number of aryl methyl sites for hydroxylation is 1. The Morgan fingerprint density at radius 2 is 2.15 bits per heavy atom. The molecular formula is C18H20N2. The normalized spacial score (nSPS) is 27.8. The lowest BCUT2D eigenvalue weighted by Crippen LogP contribution is -2.25.